The molecule has 0 heterocycles. The lowest BCUT2D eigenvalue weighted by Crippen LogP contribution is -2.11. The summed E-state index contributed by atoms with van der Waals surface area (Å²) in [5, 5.41) is 1.30. The Morgan fingerprint density at radius 3 is 1.56 bits per heavy atom. The van der Waals surface area contributed by atoms with E-state index in [-0.39, 0.29) is 6.10 Å². The van der Waals surface area contributed by atoms with Gasteiger partial charge in [0.2, 0.25) is 0 Å². The van der Waals surface area contributed by atoms with Gasteiger partial charge in [-0.2, -0.15) is 0 Å². The molecule has 0 unspecified atom stereocenters. The van der Waals surface area contributed by atoms with Crippen molar-refractivity contribution in [3.63, 3.8) is 0 Å². The molecule has 172 valence electrons. The third kappa shape index (κ3) is 5.18. The average Bonchev–Trinajstić information content (AvgIpc) is 2.84. The fourth-order valence-corrected chi connectivity index (χ4v) is 3.43. The normalized spacial score (nSPS) is 10.7. The van der Waals surface area contributed by atoms with E-state index in [4.69, 9.17) is 18.9 Å². The van der Waals surface area contributed by atoms with Gasteiger partial charge in [-0.05, 0) is 79.9 Å². The van der Waals surface area contributed by atoms with Crippen molar-refractivity contribution in [3.05, 3.63) is 96.1 Å². The molecule has 0 aliphatic heterocycles. The first-order valence-corrected chi connectivity index (χ1v) is 10.8. The fourth-order valence-electron chi connectivity index (χ4n) is 3.43. The first kappa shape index (κ1) is 22.9. The number of methoxy groups -OCH3 is 1. The first-order valence-electron chi connectivity index (χ1n) is 10.8. The molecule has 0 saturated heterocycles. The molecule has 0 bridgehead atoms. The van der Waals surface area contributed by atoms with Crippen LogP contribution in [0.15, 0.2) is 84.9 Å². The van der Waals surface area contributed by atoms with E-state index in [1.54, 1.807) is 79.9 Å². The molecule has 34 heavy (non-hydrogen) atoms. The minimum absolute atomic E-state index is 0.0348. The van der Waals surface area contributed by atoms with Gasteiger partial charge in [0.25, 0.3) is 0 Å². The van der Waals surface area contributed by atoms with E-state index >= 15 is 0 Å². The van der Waals surface area contributed by atoms with E-state index in [1.165, 1.54) is 0 Å². The van der Waals surface area contributed by atoms with E-state index < -0.39 is 11.9 Å². The summed E-state index contributed by atoms with van der Waals surface area (Å²) in [6.07, 6.45) is 0.0348. The highest BCUT2D eigenvalue weighted by Crippen LogP contribution is 2.35. The molecule has 4 aromatic rings. The molecule has 0 N–H and O–H groups in total. The van der Waals surface area contributed by atoms with Crippen LogP contribution >= 0.6 is 0 Å². The summed E-state index contributed by atoms with van der Waals surface area (Å²) in [6.45, 7) is 3.86. The predicted octanol–water partition coefficient (Wildman–Crippen LogP) is 6.07. The zero-order valence-electron chi connectivity index (χ0n) is 19.1. The molecular formula is C28H24O6. The number of ether oxygens (including phenoxy) is 4. The molecule has 4 aromatic carbocycles. The van der Waals surface area contributed by atoms with Crippen LogP contribution in [0.4, 0.5) is 0 Å². The standard InChI is InChI=1S/C28H24O6/c1-18(2)32-23-16-12-21(13-17-23)28(30)34-25-9-5-7-19-6-4-8-24(26(19)25)33-27(29)20-10-14-22(31-3)15-11-20/h4-18H,1-3H3. The van der Waals surface area contributed by atoms with E-state index in [1.807, 2.05) is 26.0 Å². The zero-order valence-corrected chi connectivity index (χ0v) is 19.1. The summed E-state index contributed by atoms with van der Waals surface area (Å²) < 4.78 is 22.1. The monoisotopic (exact) mass is 456 g/mol. The van der Waals surface area contributed by atoms with Crippen LogP contribution in [0.3, 0.4) is 0 Å². The van der Waals surface area contributed by atoms with Gasteiger partial charge in [0.15, 0.2) is 0 Å². The molecule has 4 rings (SSSR count). The summed E-state index contributed by atoms with van der Waals surface area (Å²) in [6, 6.07) is 24.0. The number of fused-ring (bicyclic) bond motifs is 1. The lowest BCUT2D eigenvalue weighted by atomic mass is 10.1. The molecule has 0 saturated carbocycles. The molecule has 0 aromatic heterocycles. The second-order valence-electron chi connectivity index (χ2n) is 7.81. The Bertz CT molecular complexity index is 1300. The maximum absolute atomic E-state index is 12.8. The largest absolute Gasteiger partial charge is 0.497 e. The van der Waals surface area contributed by atoms with Gasteiger partial charge in [0.1, 0.15) is 23.0 Å². The summed E-state index contributed by atoms with van der Waals surface area (Å²) in [5.41, 5.74) is 0.747. The highest BCUT2D eigenvalue weighted by molar-refractivity contribution is 6.00. The third-order valence-corrected chi connectivity index (χ3v) is 5.02. The van der Waals surface area contributed by atoms with Gasteiger partial charge in [0, 0.05) is 0 Å². The Balaban J connectivity index is 1.60. The summed E-state index contributed by atoms with van der Waals surface area (Å²) in [5.74, 6) is 0.839. The average molecular weight is 456 g/mol. The second kappa shape index (κ2) is 10.1. The Morgan fingerprint density at radius 2 is 1.12 bits per heavy atom. The lowest BCUT2D eigenvalue weighted by Gasteiger charge is -2.13. The Kier molecular flexibility index (Phi) is 6.78. The van der Waals surface area contributed by atoms with Gasteiger partial charge in [-0.3, -0.25) is 0 Å². The van der Waals surface area contributed by atoms with Gasteiger partial charge in [-0.1, -0.05) is 24.3 Å². The number of carbonyl (C=O) groups is 2. The quantitative estimate of drug-likeness (QED) is 0.248. The molecule has 0 atom stereocenters. The number of hydrogen-bond donors (Lipinski definition) is 0. The number of rotatable bonds is 7. The topological polar surface area (TPSA) is 71.1 Å². The van der Waals surface area contributed by atoms with E-state index in [0.717, 1.165) is 5.39 Å². The molecule has 0 aliphatic rings. The van der Waals surface area contributed by atoms with Crippen LogP contribution in [0.5, 0.6) is 23.0 Å². The van der Waals surface area contributed by atoms with Crippen molar-refractivity contribution in [3.8, 4) is 23.0 Å². The van der Waals surface area contributed by atoms with Gasteiger partial charge in [-0.15, -0.1) is 0 Å². The Labute approximate surface area is 197 Å². The zero-order chi connectivity index (χ0) is 24.1. The van der Waals surface area contributed by atoms with E-state index in [0.29, 0.717) is 39.5 Å². The third-order valence-electron chi connectivity index (χ3n) is 5.02. The van der Waals surface area contributed by atoms with Crippen LogP contribution in [-0.4, -0.2) is 25.2 Å². The van der Waals surface area contributed by atoms with Crippen molar-refractivity contribution >= 4 is 22.7 Å². The first-order chi connectivity index (χ1) is 16.4. The van der Waals surface area contributed by atoms with Crippen molar-refractivity contribution in [2.45, 2.75) is 20.0 Å². The van der Waals surface area contributed by atoms with Crippen LogP contribution in [0.1, 0.15) is 34.6 Å². The highest BCUT2D eigenvalue weighted by atomic mass is 16.5. The van der Waals surface area contributed by atoms with Crippen molar-refractivity contribution in [1.29, 1.82) is 0 Å². The van der Waals surface area contributed by atoms with Crippen molar-refractivity contribution in [2.24, 2.45) is 0 Å². The van der Waals surface area contributed by atoms with Crippen LogP contribution in [-0.2, 0) is 0 Å². The predicted molar refractivity (Wildman–Crippen MR) is 129 cm³/mol. The van der Waals surface area contributed by atoms with Crippen molar-refractivity contribution < 1.29 is 28.5 Å². The van der Waals surface area contributed by atoms with Crippen LogP contribution in [0, 0.1) is 0 Å². The van der Waals surface area contributed by atoms with Crippen LogP contribution in [0.25, 0.3) is 10.8 Å². The van der Waals surface area contributed by atoms with Crippen molar-refractivity contribution in [2.75, 3.05) is 7.11 Å². The molecule has 0 spiro atoms. The number of benzene rings is 4. The molecule has 6 nitrogen and oxygen atoms in total. The SMILES string of the molecule is COc1ccc(C(=O)Oc2cccc3cccc(OC(=O)c4ccc(OC(C)C)cc4)c23)cc1. The highest BCUT2D eigenvalue weighted by Gasteiger charge is 2.17. The number of hydrogen-bond acceptors (Lipinski definition) is 6. The summed E-state index contributed by atoms with van der Waals surface area (Å²) >= 11 is 0. The van der Waals surface area contributed by atoms with Gasteiger partial charge in [-0.25, -0.2) is 9.59 Å². The molecule has 0 radical (unpaired) electrons. The second-order valence-corrected chi connectivity index (χ2v) is 7.81. The van der Waals surface area contributed by atoms with Crippen LogP contribution < -0.4 is 18.9 Å². The van der Waals surface area contributed by atoms with E-state index in [2.05, 4.69) is 0 Å². The fraction of sp³-hybridized carbons (Fsp3) is 0.143. The summed E-state index contributed by atoms with van der Waals surface area (Å²) in [7, 11) is 1.56. The smallest absolute Gasteiger partial charge is 0.343 e. The maximum Gasteiger partial charge on any atom is 0.343 e. The Morgan fingerprint density at radius 1 is 0.647 bits per heavy atom. The van der Waals surface area contributed by atoms with Gasteiger partial charge in [0.05, 0.1) is 29.7 Å². The van der Waals surface area contributed by atoms with Gasteiger partial charge >= 0.3 is 11.9 Å². The van der Waals surface area contributed by atoms with Crippen LogP contribution in [0.2, 0.25) is 0 Å². The van der Waals surface area contributed by atoms with Crippen molar-refractivity contribution in [1.82, 2.24) is 0 Å². The molecule has 0 fully saturated rings. The molecular weight excluding hydrogens is 432 g/mol. The number of carbonyl (C=O) groups excluding carboxylic acids is 2. The minimum atomic E-state index is -0.531. The maximum atomic E-state index is 12.8. The Hall–Kier alpha value is -4.32. The number of esters is 2. The lowest BCUT2D eigenvalue weighted by molar-refractivity contribution is 0.0735. The molecule has 0 amide bonds. The van der Waals surface area contributed by atoms with E-state index in [9.17, 15) is 9.59 Å². The molecule has 6 heteroatoms. The summed E-state index contributed by atoms with van der Waals surface area (Å²) in [4.78, 5) is 25.6. The minimum Gasteiger partial charge on any atom is -0.497 e. The molecule has 0 aliphatic carbocycles. The van der Waals surface area contributed by atoms with Gasteiger partial charge < -0.3 is 18.9 Å².